The van der Waals surface area contributed by atoms with Crippen molar-refractivity contribution in [2.75, 3.05) is 45.2 Å². The molecule has 1 atom stereocenters. The number of aliphatic hydroxyl groups is 1. The molecule has 1 aliphatic heterocycles. The van der Waals surface area contributed by atoms with E-state index in [4.69, 9.17) is 13.9 Å². The quantitative estimate of drug-likeness (QED) is 0.0628. The van der Waals surface area contributed by atoms with Crippen LogP contribution in [0.5, 0.6) is 17.2 Å². The van der Waals surface area contributed by atoms with E-state index in [0.29, 0.717) is 38.0 Å². The number of urea groups is 1. The molecule has 0 bridgehead atoms. The van der Waals surface area contributed by atoms with Crippen LogP contribution in [0.25, 0.3) is 0 Å². The molecule has 1 heterocycles. The van der Waals surface area contributed by atoms with Crippen molar-refractivity contribution in [3.05, 3.63) is 144 Å². The molecule has 0 saturated carbocycles. The van der Waals surface area contributed by atoms with Gasteiger partial charge in [0.25, 0.3) is 0 Å². The van der Waals surface area contributed by atoms with Gasteiger partial charge in [-0.05, 0) is 107 Å². The second-order valence-electron chi connectivity index (χ2n) is 15.6. The van der Waals surface area contributed by atoms with Gasteiger partial charge in [0, 0.05) is 37.9 Å². The summed E-state index contributed by atoms with van der Waals surface area (Å²) in [6, 6.07) is 43.5. The number of hydrogen-bond acceptors (Lipinski definition) is 7. The van der Waals surface area contributed by atoms with Crippen LogP contribution in [-0.2, 0) is 18.4 Å². The summed E-state index contributed by atoms with van der Waals surface area (Å²) < 4.78 is 17.8. The number of piperidine rings is 1. The average Bonchev–Trinajstić information content (AvgIpc) is 3.24. The lowest BCUT2D eigenvalue weighted by atomic mass is 9.87. The maximum atomic E-state index is 12.7. The van der Waals surface area contributed by atoms with Gasteiger partial charge in [0.15, 0.2) is 0 Å². The normalized spacial score (nSPS) is 13.9. The number of rotatable bonds is 17. The van der Waals surface area contributed by atoms with Crippen molar-refractivity contribution < 1.29 is 23.8 Å². The third kappa shape index (κ3) is 12.6. The van der Waals surface area contributed by atoms with Crippen LogP contribution in [0, 0.1) is 0 Å². The summed E-state index contributed by atoms with van der Waals surface area (Å²) in [4.78, 5) is 14.6. The number of carbonyl (C=O) groups excluding carboxylic acids is 1. The maximum absolute atomic E-state index is 12.7. The van der Waals surface area contributed by atoms with Crippen LogP contribution in [0.4, 0.5) is 10.5 Å². The van der Waals surface area contributed by atoms with Gasteiger partial charge in [-0.15, -0.1) is 0 Å². The van der Waals surface area contributed by atoms with Crippen molar-refractivity contribution in [1.82, 2.24) is 15.5 Å². The van der Waals surface area contributed by atoms with Crippen LogP contribution < -0.4 is 40.2 Å². The SMILES string of the molecule is COc1cccc(CNC(=O)N2CCC(Nc3ccc(CCNCC(O)COc4ccc(O[Si](c5ccccc5)c5ccc(C(C)(C)C)cc5)cc4)cc3)CC2)c1. The van der Waals surface area contributed by atoms with Crippen LogP contribution in [0.15, 0.2) is 127 Å². The van der Waals surface area contributed by atoms with E-state index >= 15 is 0 Å². The summed E-state index contributed by atoms with van der Waals surface area (Å²) >= 11 is 0. The number of nitrogens with one attached hydrogen (secondary N) is 3. The molecular weight excluding hydrogens is 729 g/mol. The van der Waals surface area contributed by atoms with Crippen LogP contribution in [0.2, 0.25) is 0 Å². The van der Waals surface area contributed by atoms with E-state index < -0.39 is 15.1 Å². The Kier molecular flexibility index (Phi) is 14.7. The Morgan fingerprint density at radius 3 is 2.18 bits per heavy atom. The molecule has 1 saturated heterocycles. The minimum absolute atomic E-state index is 0.0296. The van der Waals surface area contributed by atoms with Gasteiger partial charge in [0.1, 0.15) is 30.0 Å². The number of amides is 2. The van der Waals surface area contributed by atoms with Gasteiger partial charge in [0.05, 0.1) is 7.11 Å². The molecule has 1 radical (unpaired) electrons. The molecule has 5 aromatic carbocycles. The van der Waals surface area contributed by atoms with Crippen molar-refractivity contribution in [2.45, 2.75) is 64.1 Å². The first-order valence-electron chi connectivity index (χ1n) is 20.0. The van der Waals surface area contributed by atoms with E-state index in [-0.39, 0.29) is 18.1 Å². The smallest absolute Gasteiger partial charge is 0.352 e. The predicted octanol–water partition coefficient (Wildman–Crippen LogP) is 6.54. The number of likely N-dealkylation sites (tertiary alicyclic amines) is 1. The molecule has 5 aromatic rings. The summed E-state index contributed by atoms with van der Waals surface area (Å²) in [5.74, 6) is 2.26. The molecule has 4 N–H and O–H groups in total. The lowest BCUT2D eigenvalue weighted by Crippen LogP contribution is -2.47. The fourth-order valence-electron chi connectivity index (χ4n) is 6.77. The minimum atomic E-state index is -1.51. The number of hydrogen-bond donors (Lipinski definition) is 4. The van der Waals surface area contributed by atoms with Gasteiger partial charge < -0.3 is 39.9 Å². The standard InChI is InChI=1S/C47H57N4O5Si/c1-47(2,3)37-15-23-45(24-16-37)57(44-11-6-5-7-12-44)56-42-21-19-41(20-22-42)55-34-40(52)33-48-28-25-35-13-17-38(18-14-35)50-39-26-29-51(30-27-39)46(53)49-32-36-9-8-10-43(31-36)54-4/h5-24,31,39-40,48,50,52H,25-30,32-34H2,1-4H3,(H,49,53). The van der Waals surface area contributed by atoms with Gasteiger partial charge in [-0.1, -0.05) is 99.6 Å². The number of aliphatic hydroxyl groups excluding tert-OH is 1. The Hall–Kier alpha value is -5.29. The Morgan fingerprint density at radius 1 is 0.807 bits per heavy atom. The van der Waals surface area contributed by atoms with Crippen molar-refractivity contribution >= 4 is 31.1 Å². The van der Waals surface area contributed by atoms with E-state index in [1.54, 1.807) is 7.11 Å². The number of anilines is 1. The third-order valence-electron chi connectivity index (χ3n) is 10.2. The highest BCUT2D eigenvalue weighted by atomic mass is 28.3. The van der Waals surface area contributed by atoms with E-state index in [0.717, 1.165) is 48.6 Å². The molecule has 1 unspecified atom stereocenters. The van der Waals surface area contributed by atoms with Gasteiger partial charge in [-0.2, -0.15) is 0 Å². The van der Waals surface area contributed by atoms with Crippen molar-refractivity contribution in [3.8, 4) is 17.2 Å². The first-order chi connectivity index (χ1) is 27.6. The summed E-state index contributed by atoms with van der Waals surface area (Å²) in [5, 5.41) is 23.0. The molecule has 57 heavy (non-hydrogen) atoms. The van der Waals surface area contributed by atoms with Crippen LogP contribution in [-0.4, -0.2) is 77.1 Å². The Bertz CT molecular complexity index is 1960. The van der Waals surface area contributed by atoms with Crippen molar-refractivity contribution in [3.63, 3.8) is 0 Å². The molecule has 1 fully saturated rings. The topological polar surface area (TPSA) is 104 Å². The number of nitrogens with zero attached hydrogens (tertiary/aromatic N) is 1. The Morgan fingerprint density at radius 2 is 1.49 bits per heavy atom. The second kappa shape index (κ2) is 20.2. The lowest BCUT2D eigenvalue weighted by Gasteiger charge is -2.33. The van der Waals surface area contributed by atoms with Crippen LogP contribution in [0.3, 0.4) is 0 Å². The largest absolute Gasteiger partial charge is 0.533 e. The summed E-state index contributed by atoms with van der Waals surface area (Å²) in [7, 11) is 0.129. The zero-order valence-electron chi connectivity index (χ0n) is 33.7. The van der Waals surface area contributed by atoms with Gasteiger partial charge in [0.2, 0.25) is 0 Å². The van der Waals surface area contributed by atoms with Gasteiger partial charge in [-0.3, -0.25) is 0 Å². The minimum Gasteiger partial charge on any atom is -0.533 e. The molecule has 6 rings (SSSR count). The number of ether oxygens (including phenoxy) is 2. The molecule has 2 amide bonds. The van der Waals surface area contributed by atoms with Crippen molar-refractivity contribution in [1.29, 1.82) is 0 Å². The zero-order valence-corrected chi connectivity index (χ0v) is 34.7. The Labute approximate surface area is 340 Å². The van der Waals surface area contributed by atoms with E-state index in [2.05, 4.69) is 110 Å². The highest BCUT2D eigenvalue weighted by Gasteiger charge is 2.24. The highest BCUT2D eigenvalue weighted by Crippen LogP contribution is 2.23. The highest BCUT2D eigenvalue weighted by molar-refractivity contribution is 6.80. The predicted molar refractivity (Wildman–Crippen MR) is 232 cm³/mol. The van der Waals surface area contributed by atoms with E-state index in [9.17, 15) is 9.90 Å². The molecule has 10 heteroatoms. The monoisotopic (exact) mass is 785 g/mol. The molecule has 1 aliphatic rings. The first kappa shape index (κ1) is 41.3. The average molecular weight is 786 g/mol. The zero-order chi connectivity index (χ0) is 40.0. The Balaban J connectivity index is 0.865. The van der Waals surface area contributed by atoms with Crippen LogP contribution >= 0.6 is 0 Å². The molecule has 9 nitrogen and oxygen atoms in total. The van der Waals surface area contributed by atoms with Gasteiger partial charge >= 0.3 is 15.1 Å². The number of methoxy groups -OCH3 is 1. The molecule has 299 valence electrons. The van der Waals surface area contributed by atoms with Gasteiger partial charge in [-0.25, -0.2) is 4.79 Å². The number of carbonyl (C=O) groups is 1. The summed E-state index contributed by atoms with van der Waals surface area (Å²) in [6.45, 7) is 9.97. The first-order valence-corrected chi connectivity index (χ1v) is 21.4. The molecule has 0 aromatic heterocycles. The summed E-state index contributed by atoms with van der Waals surface area (Å²) in [5.41, 5.74) is 4.72. The fraction of sp³-hybridized carbons (Fsp3) is 0.340. The van der Waals surface area contributed by atoms with E-state index in [1.807, 2.05) is 59.5 Å². The van der Waals surface area contributed by atoms with Crippen molar-refractivity contribution in [2.24, 2.45) is 0 Å². The maximum Gasteiger partial charge on any atom is 0.352 e. The second-order valence-corrected chi connectivity index (χ2v) is 17.6. The number of benzene rings is 5. The third-order valence-corrected chi connectivity index (χ3v) is 12.3. The lowest BCUT2D eigenvalue weighted by molar-refractivity contribution is 0.106. The van der Waals surface area contributed by atoms with Crippen LogP contribution in [0.1, 0.15) is 50.3 Å². The fourth-order valence-corrected chi connectivity index (χ4v) is 8.68. The molecular formula is C47H57N4O5Si. The summed E-state index contributed by atoms with van der Waals surface area (Å²) in [6.07, 6.45) is 2.01. The van der Waals surface area contributed by atoms with E-state index in [1.165, 1.54) is 21.5 Å². The molecule has 0 spiro atoms. The molecule has 0 aliphatic carbocycles.